The summed E-state index contributed by atoms with van der Waals surface area (Å²) in [6.45, 7) is 2.04. The van der Waals surface area contributed by atoms with Crippen LogP contribution in [0.3, 0.4) is 0 Å². The molecule has 1 aromatic rings. The molecule has 0 aromatic heterocycles. The van der Waals surface area contributed by atoms with Gasteiger partial charge in [0.2, 0.25) is 0 Å². The van der Waals surface area contributed by atoms with Crippen LogP contribution in [0.4, 0.5) is 17.1 Å². The van der Waals surface area contributed by atoms with Crippen molar-refractivity contribution in [3.63, 3.8) is 0 Å². The lowest BCUT2D eigenvalue weighted by Gasteiger charge is -2.28. The highest BCUT2D eigenvalue weighted by atomic mass is 16.6. The molecule has 0 aliphatic heterocycles. The van der Waals surface area contributed by atoms with Crippen molar-refractivity contribution in [2.75, 3.05) is 5.43 Å². The Kier molecular flexibility index (Phi) is 6.00. The highest BCUT2D eigenvalue weighted by Gasteiger charge is 2.27. The van der Waals surface area contributed by atoms with E-state index in [1.807, 2.05) is 6.92 Å². The molecule has 0 spiro atoms. The minimum absolute atomic E-state index is 0.111. The van der Waals surface area contributed by atoms with Crippen LogP contribution < -0.4 is 5.43 Å². The molecule has 1 fully saturated rings. The summed E-state index contributed by atoms with van der Waals surface area (Å²) in [4.78, 5) is 20.6. The average molecular weight is 345 g/mol. The minimum Gasteiger partial charge on any atom is -0.272 e. The standard InChI is InChI=1S/C16H19N5O4/c1-11-4-2-5-12(6-3-9-17)16(11)19-18-14-8-7-13(20(22)23)10-15(14)21(24)25/h7-8,10-12,18H,2-6H2,1H3/b19-16-. The molecule has 2 unspecified atom stereocenters. The van der Waals surface area contributed by atoms with Gasteiger partial charge in [-0.15, -0.1) is 0 Å². The van der Waals surface area contributed by atoms with E-state index in [1.54, 1.807) is 0 Å². The molecule has 0 saturated heterocycles. The fourth-order valence-corrected chi connectivity index (χ4v) is 3.11. The van der Waals surface area contributed by atoms with E-state index in [2.05, 4.69) is 16.6 Å². The monoisotopic (exact) mass is 345 g/mol. The zero-order chi connectivity index (χ0) is 18.4. The predicted octanol–water partition coefficient (Wildman–Crippen LogP) is 4.01. The van der Waals surface area contributed by atoms with Crippen LogP contribution in [0.1, 0.15) is 39.0 Å². The van der Waals surface area contributed by atoms with E-state index >= 15 is 0 Å². The molecule has 0 heterocycles. The Labute approximate surface area is 144 Å². The number of nitro groups is 2. The van der Waals surface area contributed by atoms with E-state index in [1.165, 1.54) is 12.1 Å². The molecule has 9 heteroatoms. The lowest BCUT2D eigenvalue weighted by atomic mass is 9.78. The summed E-state index contributed by atoms with van der Waals surface area (Å²) in [7, 11) is 0. The highest BCUT2D eigenvalue weighted by molar-refractivity contribution is 5.90. The van der Waals surface area contributed by atoms with Crippen molar-refractivity contribution in [3.8, 4) is 6.07 Å². The second kappa shape index (κ2) is 8.19. The Morgan fingerprint density at radius 1 is 1.32 bits per heavy atom. The van der Waals surface area contributed by atoms with Gasteiger partial charge >= 0.3 is 5.69 Å². The second-order valence-electron chi connectivity index (χ2n) is 6.09. The van der Waals surface area contributed by atoms with E-state index in [0.29, 0.717) is 12.8 Å². The van der Waals surface area contributed by atoms with Gasteiger partial charge in [0.15, 0.2) is 0 Å². The molecule has 1 saturated carbocycles. The first-order chi connectivity index (χ1) is 11.9. The fraction of sp³-hybridized carbons (Fsp3) is 0.500. The number of nitrogens with zero attached hydrogens (tertiary/aromatic N) is 4. The zero-order valence-electron chi connectivity index (χ0n) is 13.8. The molecule has 2 rings (SSSR count). The third-order valence-electron chi connectivity index (χ3n) is 4.41. The number of nitro benzene ring substituents is 2. The van der Waals surface area contributed by atoms with Gasteiger partial charge in [0.1, 0.15) is 5.69 Å². The van der Waals surface area contributed by atoms with Crippen molar-refractivity contribution < 1.29 is 9.85 Å². The SMILES string of the molecule is CC1CCCC(CCC#N)/C1=N\Nc1ccc([N+](=O)[O-])cc1[N+](=O)[O-]. The number of hydrogen-bond acceptors (Lipinski definition) is 7. The minimum atomic E-state index is -0.677. The van der Waals surface area contributed by atoms with Gasteiger partial charge < -0.3 is 0 Å². The summed E-state index contributed by atoms with van der Waals surface area (Å²) in [6, 6.07) is 5.54. The summed E-state index contributed by atoms with van der Waals surface area (Å²) in [6.07, 6.45) is 4.13. The largest absolute Gasteiger partial charge is 0.301 e. The van der Waals surface area contributed by atoms with Gasteiger partial charge in [-0.3, -0.25) is 25.7 Å². The lowest BCUT2D eigenvalue weighted by Crippen LogP contribution is -2.27. The number of non-ortho nitro benzene ring substituents is 1. The summed E-state index contributed by atoms with van der Waals surface area (Å²) in [5, 5.41) is 35.1. The first-order valence-corrected chi connectivity index (χ1v) is 8.07. The van der Waals surface area contributed by atoms with Crippen molar-refractivity contribution >= 4 is 22.8 Å². The van der Waals surface area contributed by atoms with Crippen LogP contribution in [-0.4, -0.2) is 15.6 Å². The van der Waals surface area contributed by atoms with Gasteiger partial charge in [0, 0.05) is 24.1 Å². The normalized spacial score (nSPS) is 21.5. The number of hydrazone groups is 1. The molecule has 2 atom stereocenters. The summed E-state index contributed by atoms with van der Waals surface area (Å²) >= 11 is 0. The van der Waals surface area contributed by atoms with E-state index < -0.39 is 15.5 Å². The number of nitrogens with one attached hydrogen (secondary N) is 1. The van der Waals surface area contributed by atoms with Gasteiger partial charge in [-0.25, -0.2) is 0 Å². The average Bonchev–Trinajstić information content (AvgIpc) is 2.58. The van der Waals surface area contributed by atoms with Crippen LogP contribution in [0.25, 0.3) is 0 Å². The number of hydrogen-bond donors (Lipinski definition) is 1. The molecule has 25 heavy (non-hydrogen) atoms. The van der Waals surface area contributed by atoms with Crippen molar-refractivity contribution in [3.05, 3.63) is 38.4 Å². The molecule has 1 aliphatic rings. The van der Waals surface area contributed by atoms with Crippen molar-refractivity contribution in [1.29, 1.82) is 5.26 Å². The van der Waals surface area contributed by atoms with E-state index in [-0.39, 0.29) is 23.2 Å². The van der Waals surface area contributed by atoms with Crippen LogP contribution in [0.5, 0.6) is 0 Å². The molecule has 1 aliphatic carbocycles. The molecular weight excluding hydrogens is 326 g/mol. The van der Waals surface area contributed by atoms with Gasteiger partial charge in [-0.1, -0.05) is 13.3 Å². The maximum atomic E-state index is 11.2. The van der Waals surface area contributed by atoms with Gasteiger partial charge in [0.25, 0.3) is 5.69 Å². The van der Waals surface area contributed by atoms with Gasteiger partial charge in [0.05, 0.1) is 22.0 Å². The molecule has 1 N–H and O–H groups in total. The Morgan fingerprint density at radius 3 is 2.72 bits per heavy atom. The quantitative estimate of drug-likeness (QED) is 0.611. The van der Waals surface area contributed by atoms with Crippen LogP contribution in [-0.2, 0) is 0 Å². The van der Waals surface area contributed by atoms with Crippen LogP contribution in [0, 0.1) is 43.4 Å². The maximum Gasteiger partial charge on any atom is 0.301 e. The molecule has 0 radical (unpaired) electrons. The van der Waals surface area contributed by atoms with E-state index in [9.17, 15) is 20.2 Å². The molecular formula is C16H19N5O4. The third kappa shape index (κ3) is 4.50. The smallest absolute Gasteiger partial charge is 0.272 e. The number of rotatable bonds is 6. The van der Waals surface area contributed by atoms with Crippen molar-refractivity contribution in [1.82, 2.24) is 0 Å². The summed E-state index contributed by atoms with van der Waals surface area (Å²) in [5.74, 6) is 0.398. The first kappa shape index (κ1) is 18.3. The van der Waals surface area contributed by atoms with E-state index in [0.717, 1.165) is 31.0 Å². The Morgan fingerprint density at radius 2 is 2.08 bits per heavy atom. The van der Waals surface area contributed by atoms with E-state index in [4.69, 9.17) is 5.26 Å². The lowest BCUT2D eigenvalue weighted by molar-refractivity contribution is -0.393. The topological polar surface area (TPSA) is 134 Å². The molecule has 0 bridgehead atoms. The Bertz CT molecular complexity index is 741. The van der Waals surface area contributed by atoms with Crippen LogP contribution in [0.2, 0.25) is 0 Å². The van der Waals surface area contributed by atoms with Crippen molar-refractivity contribution in [2.45, 2.75) is 39.0 Å². The summed E-state index contributed by atoms with van der Waals surface area (Å²) < 4.78 is 0. The second-order valence-corrected chi connectivity index (χ2v) is 6.09. The molecule has 0 amide bonds. The first-order valence-electron chi connectivity index (χ1n) is 8.07. The van der Waals surface area contributed by atoms with Crippen LogP contribution in [0.15, 0.2) is 23.3 Å². The molecule has 132 valence electrons. The van der Waals surface area contributed by atoms with Gasteiger partial charge in [-0.05, 0) is 31.2 Å². The number of anilines is 1. The van der Waals surface area contributed by atoms with Crippen molar-refractivity contribution in [2.24, 2.45) is 16.9 Å². The molecule has 9 nitrogen and oxygen atoms in total. The predicted molar refractivity (Wildman–Crippen MR) is 92.2 cm³/mol. The number of nitriles is 1. The number of benzene rings is 1. The highest BCUT2D eigenvalue weighted by Crippen LogP contribution is 2.32. The Balaban J connectivity index is 2.27. The Hall–Kier alpha value is -3.02. The zero-order valence-corrected chi connectivity index (χ0v) is 13.8. The van der Waals surface area contributed by atoms with Crippen LogP contribution >= 0.6 is 0 Å². The summed E-state index contributed by atoms with van der Waals surface area (Å²) in [5.41, 5.74) is 2.98. The molecule has 1 aromatic carbocycles. The fourth-order valence-electron chi connectivity index (χ4n) is 3.11. The third-order valence-corrected chi connectivity index (χ3v) is 4.41. The maximum absolute atomic E-state index is 11.2. The van der Waals surface area contributed by atoms with Gasteiger partial charge in [-0.2, -0.15) is 10.4 Å².